The number of carbonyl (C=O) groups excluding carboxylic acids is 2. The molecule has 2 heterocycles. The molecule has 1 N–H and O–H groups in total. The number of nitrogens with one attached hydrogen (secondary N) is 1. The van der Waals surface area contributed by atoms with E-state index in [1.54, 1.807) is 17.0 Å². The van der Waals surface area contributed by atoms with E-state index in [1.807, 2.05) is 13.8 Å². The predicted octanol–water partition coefficient (Wildman–Crippen LogP) is 0.457. The van der Waals surface area contributed by atoms with E-state index >= 15 is 0 Å². The summed E-state index contributed by atoms with van der Waals surface area (Å²) in [4.78, 5) is 29.4. The molecule has 120 valence electrons. The molecule has 22 heavy (non-hydrogen) atoms. The van der Waals surface area contributed by atoms with E-state index in [1.165, 1.54) is 6.20 Å². The lowest BCUT2D eigenvalue weighted by molar-refractivity contribution is -0.137. The summed E-state index contributed by atoms with van der Waals surface area (Å²) in [6.45, 7) is 6.03. The first-order valence-electron chi connectivity index (χ1n) is 7.31. The number of rotatable bonds is 5. The fourth-order valence-electron chi connectivity index (χ4n) is 1.99. The van der Waals surface area contributed by atoms with Crippen molar-refractivity contribution in [3.63, 3.8) is 0 Å². The number of morpholine rings is 1. The van der Waals surface area contributed by atoms with Gasteiger partial charge in [-0.05, 0) is 26.0 Å². The third-order valence-corrected chi connectivity index (χ3v) is 3.11. The highest BCUT2D eigenvalue weighted by molar-refractivity contribution is 5.92. The van der Waals surface area contributed by atoms with Crippen LogP contribution in [0.4, 0.5) is 0 Å². The zero-order valence-corrected chi connectivity index (χ0v) is 12.9. The summed E-state index contributed by atoms with van der Waals surface area (Å²) < 4.78 is 10.6. The molecule has 2 rings (SSSR count). The van der Waals surface area contributed by atoms with Crippen LogP contribution in [0.25, 0.3) is 0 Å². The largest absolute Gasteiger partial charge is 0.482 e. The summed E-state index contributed by atoms with van der Waals surface area (Å²) in [6, 6.07) is 3.26. The number of hydrogen-bond acceptors (Lipinski definition) is 5. The average Bonchev–Trinajstić information content (AvgIpc) is 2.53. The van der Waals surface area contributed by atoms with Crippen molar-refractivity contribution in [2.24, 2.45) is 0 Å². The molecule has 0 bridgehead atoms. The van der Waals surface area contributed by atoms with E-state index in [0.29, 0.717) is 37.7 Å². The Morgan fingerprint density at radius 1 is 1.36 bits per heavy atom. The summed E-state index contributed by atoms with van der Waals surface area (Å²) in [5, 5.41) is 2.76. The van der Waals surface area contributed by atoms with Crippen molar-refractivity contribution < 1.29 is 19.1 Å². The number of amides is 2. The SMILES string of the molecule is CC(C)NC(=O)c1ccc(OCC(=O)N2CCOCC2)cn1. The van der Waals surface area contributed by atoms with Crippen LogP contribution in [0.2, 0.25) is 0 Å². The molecule has 1 aromatic heterocycles. The Balaban J connectivity index is 1.83. The van der Waals surface area contributed by atoms with Gasteiger partial charge in [0.15, 0.2) is 6.61 Å². The van der Waals surface area contributed by atoms with Gasteiger partial charge in [0.2, 0.25) is 0 Å². The fourth-order valence-corrected chi connectivity index (χ4v) is 1.99. The van der Waals surface area contributed by atoms with Crippen LogP contribution in [0.15, 0.2) is 18.3 Å². The molecule has 1 saturated heterocycles. The molecule has 2 amide bonds. The zero-order chi connectivity index (χ0) is 15.9. The van der Waals surface area contributed by atoms with Crippen LogP contribution in [0, 0.1) is 0 Å². The van der Waals surface area contributed by atoms with Crippen LogP contribution in [0.3, 0.4) is 0 Å². The Morgan fingerprint density at radius 2 is 2.09 bits per heavy atom. The van der Waals surface area contributed by atoms with Gasteiger partial charge in [0.25, 0.3) is 11.8 Å². The van der Waals surface area contributed by atoms with Crippen molar-refractivity contribution in [2.45, 2.75) is 19.9 Å². The molecule has 0 aliphatic carbocycles. The number of hydrogen-bond donors (Lipinski definition) is 1. The lowest BCUT2D eigenvalue weighted by Gasteiger charge is -2.26. The maximum absolute atomic E-state index is 11.9. The topological polar surface area (TPSA) is 80.8 Å². The lowest BCUT2D eigenvalue weighted by Crippen LogP contribution is -2.42. The molecule has 0 atom stereocenters. The van der Waals surface area contributed by atoms with Crippen LogP contribution in [0.1, 0.15) is 24.3 Å². The maximum atomic E-state index is 11.9. The van der Waals surface area contributed by atoms with E-state index in [0.717, 1.165) is 0 Å². The molecule has 1 fully saturated rings. The van der Waals surface area contributed by atoms with Gasteiger partial charge in [-0.15, -0.1) is 0 Å². The second-order valence-electron chi connectivity index (χ2n) is 5.29. The van der Waals surface area contributed by atoms with E-state index < -0.39 is 0 Å². The van der Waals surface area contributed by atoms with Crippen molar-refractivity contribution in [1.82, 2.24) is 15.2 Å². The Hall–Kier alpha value is -2.15. The Bertz CT molecular complexity index is 510. The van der Waals surface area contributed by atoms with Crippen LogP contribution < -0.4 is 10.1 Å². The van der Waals surface area contributed by atoms with Crippen molar-refractivity contribution in [1.29, 1.82) is 0 Å². The average molecular weight is 307 g/mol. The number of pyridine rings is 1. The standard InChI is InChI=1S/C15H21N3O4/c1-11(2)17-15(20)13-4-3-12(9-16-13)22-10-14(19)18-5-7-21-8-6-18/h3-4,9,11H,5-8,10H2,1-2H3,(H,17,20). The third-order valence-electron chi connectivity index (χ3n) is 3.11. The summed E-state index contributed by atoms with van der Waals surface area (Å²) in [7, 11) is 0. The molecule has 7 heteroatoms. The normalized spacial score (nSPS) is 14.8. The molecule has 0 radical (unpaired) electrons. The van der Waals surface area contributed by atoms with Gasteiger partial charge in [0.05, 0.1) is 19.4 Å². The fraction of sp³-hybridized carbons (Fsp3) is 0.533. The number of nitrogens with zero attached hydrogens (tertiary/aromatic N) is 2. The quantitative estimate of drug-likeness (QED) is 0.854. The predicted molar refractivity (Wildman–Crippen MR) is 79.7 cm³/mol. The first kappa shape index (κ1) is 16.2. The molecule has 0 saturated carbocycles. The minimum Gasteiger partial charge on any atom is -0.482 e. The van der Waals surface area contributed by atoms with Crippen LogP contribution in [-0.2, 0) is 9.53 Å². The number of ether oxygens (including phenoxy) is 2. The molecule has 1 aromatic rings. The lowest BCUT2D eigenvalue weighted by atomic mass is 10.3. The van der Waals surface area contributed by atoms with Gasteiger partial charge in [-0.1, -0.05) is 0 Å². The van der Waals surface area contributed by atoms with Crippen LogP contribution in [-0.4, -0.2) is 60.7 Å². The van der Waals surface area contributed by atoms with Gasteiger partial charge in [-0.3, -0.25) is 9.59 Å². The Morgan fingerprint density at radius 3 is 2.68 bits per heavy atom. The van der Waals surface area contributed by atoms with Crippen LogP contribution in [0.5, 0.6) is 5.75 Å². The highest BCUT2D eigenvalue weighted by Gasteiger charge is 2.17. The van der Waals surface area contributed by atoms with Crippen molar-refractivity contribution in [2.75, 3.05) is 32.9 Å². The molecule has 0 unspecified atom stereocenters. The van der Waals surface area contributed by atoms with Crippen molar-refractivity contribution in [3.8, 4) is 5.75 Å². The molecule has 0 spiro atoms. The first-order chi connectivity index (χ1) is 10.6. The van der Waals surface area contributed by atoms with Crippen molar-refractivity contribution in [3.05, 3.63) is 24.0 Å². The molecule has 1 aliphatic heterocycles. The maximum Gasteiger partial charge on any atom is 0.270 e. The minimum absolute atomic E-state index is 0.0424. The van der Waals surface area contributed by atoms with Gasteiger partial charge in [-0.25, -0.2) is 4.98 Å². The summed E-state index contributed by atoms with van der Waals surface area (Å²) in [6.07, 6.45) is 1.45. The van der Waals surface area contributed by atoms with Gasteiger partial charge in [0, 0.05) is 19.1 Å². The first-order valence-corrected chi connectivity index (χ1v) is 7.31. The second-order valence-corrected chi connectivity index (χ2v) is 5.29. The highest BCUT2D eigenvalue weighted by Crippen LogP contribution is 2.10. The third kappa shape index (κ3) is 4.70. The number of carbonyl (C=O) groups is 2. The monoisotopic (exact) mass is 307 g/mol. The van der Waals surface area contributed by atoms with Gasteiger partial charge in [0.1, 0.15) is 11.4 Å². The molecule has 7 nitrogen and oxygen atoms in total. The molecule has 0 aromatic carbocycles. The van der Waals surface area contributed by atoms with E-state index in [4.69, 9.17) is 9.47 Å². The second kappa shape index (κ2) is 7.74. The Labute approximate surface area is 129 Å². The van der Waals surface area contributed by atoms with Gasteiger partial charge < -0.3 is 19.7 Å². The molecular formula is C15H21N3O4. The summed E-state index contributed by atoms with van der Waals surface area (Å²) in [5.74, 6) is 0.151. The minimum atomic E-state index is -0.231. The smallest absolute Gasteiger partial charge is 0.270 e. The van der Waals surface area contributed by atoms with Crippen LogP contribution >= 0.6 is 0 Å². The van der Waals surface area contributed by atoms with E-state index in [-0.39, 0.29) is 24.5 Å². The highest BCUT2D eigenvalue weighted by atomic mass is 16.5. The summed E-state index contributed by atoms with van der Waals surface area (Å²) >= 11 is 0. The van der Waals surface area contributed by atoms with Gasteiger partial charge >= 0.3 is 0 Å². The van der Waals surface area contributed by atoms with Crippen molar-refractivity contribution >= 4 is 11.8 Å². The summed E-state index contributed by atoms with van der Waals surface area (Å²) in [5.41, 5.74) is 0.320. The van der Waals surface area contributed by atoms with E-state index in [2.05, 4.69) is 10.3 Å². The Kier molecular flexibility index (Phi) is 5.71. The molecule has 1 aliphatic rings. The molecular weight excluding hydrogens is 286 g/mol. The van der Waals surface area contributed by atoms with Gasteiger partial charge in [-0.2, -0.15) is 0 Å². The van der Waals surface area contributed by atoms with E-state index in [9.17, 15) is 9.59 Å². The zero-order valence-electron chi connectivity index (χ0n) is 12.9. The number of aromatic nitrogens is 1.